The van der Waals surface area contributed by atoms with Crippen molar-refractivity contribution in [1.82, 2.24) is 0 Å². The van der Waals surface area contributed by atoms with Gasteiger partial charge in [0.1, 0.15) is 0 Å². The van der Waals surface area contributed by atoms with E-state index in [1.165, 1.54) is 6.07 Å². The number of amides is 1. The molecule has 0 radical (unpaired) electrons. The first kappa shape index (κ1) is 15.6. The highest BCUT2D eigenvalue weighted by atomic mass is 35.5. The molecule has 19 heavy (non-hydrogen) atoms. The highest BCUT2D eigenvalue weighted by Gasteiger charge is 2.38. The van der Waals surface area contributed by atoms with Crippen molar-refractivity contribution in [2.24, 2.45) is 0 Å². The fourth-order valence-electron chi connectivity index (χ4n) is 1.09. The summed E-state index contributed by atoms with van der Waals surface area (Å²) in [5.74, 6) is -2.20. The van der Waals surface area contributed by atoms with Gasteiger partial charge in [-0.3, -0.25) is 9.52 Å². The minimum absolute atomic E-state index is 0.0237. The Kier molecular flexibility index (Phi) is 4.31. The number of benzene rings is 1. The van der Waals surface area contributed by atoms with Crippen molar-refractivity contribution in [1.29, 1.82) is 0 Å². The van der Waals surface area contributed by atoms with Gasteiger partial charge in [-0.25, -0.2) is 8.42 Å². The lowest BCUT2D eigenvalue weighted by Crippen LogP contribution is -2.30. The van der Waals surface area contributed by atoms with E-state index >= 15 is 0 Å². The van der Waals surface area contributed by atoms with Crippen LogP contribution >= 0.6 is 11.6 Å². The highest BCUT2D eigenvalue weighted by Crippen LogP contribution is 2.27. The van der Waals surface area contributed by atoms with Crippen LogP contribution in [-0.2, 0) is 14.8 Å². The topological polar surface area (TPSA) is 75.3 Å². The minimum Gasteiger partial charge on any atom is -0.317 e. The Morgan fingerprint density at radius 2 is 1.89 bits per heavy atom. The van der Waals surface area contributed by atoms with Gasteiger partial charge in [0.05, 0.1) is 22.7 Å². The largest absolute Gasteiger partial charge is 0.471 e. The highest BCUT2D eigenvalue weighted by molar-refractivity contribution is 7.92. The number of carbonyl (C=O) groups is 1. The summed E-state index contributed by atoms with van der Waals surface area (Å²) >= 11 is 5.60. The van der Waals surface area contributed by atoms with Crippen LogP contribution < -0.4 is 10.0 Å². The quantitative estimate of drug-likeness (QED) is 0.897. The van der Waals surface area contributed by atoms with Crippen LogP contribution in [0.5, 0.6) is 0 Å². The molecule has 0 spiro atoms. The third-order valence-electron chi connectivity index (χ3n) is 1.78. The van der Waals surface area contributed by atoms with Gasteiger partial charge < -0.3 is 5.32 Å². The zero-order valence-corrected chi connectivity index (χ0v) is 10.9. The van der Waals surface area contributed by atoms with E-state index in [1.54, 1.807) is 5.32 Å². The van der Waals surface area contributed by atoms with Gasteiger partial charge in [-0.2, -0.15) is 13.2 Å². The maximum Gasteiger partial charge on any atom is 0.471 e. The zero-order chi connectivity index (χ0) is 14.8. The van der Waals surface area contributed by atoms with Gasteiger partial charge in [0, 0.05) is 0 Å². The number of hydrogen-bond acceptors (Lipinski definition) is 3. The van der Waals surface area contributed by atoms with Gasteiger partial charge in [-0.15, -0.1) is 0 Å². The molecule has 1 amide bonds. The molecule has 0 saturated carbocycles. The van der Waals surface area contributed by atoms with Gasteiger partial charge in [-0.05, 0) is 18.2 Å². The Morgan fingerprint density at radius 1 is 1.32 bits per heavy atom. The van der Waals surface area contributed by atoms with E-state index in [-0.39, 0.29) is 16.4 Å². The molecule has 2 N–H and O–H groups in total. The molecular weight excluding hydrogens is 309 g/mol. The number of anilines is 2. The Labute approximate surface area is 111 Å². The van der Waals surface area contributed by atoms with E-state index in [1.807, 2.05) is 4.72 Å². The van der Waals surface area contributed by atoms with E-state index in [0.29, 0.717) is 0 Å². The molecule has 0 saturated heterocycles. The van der Waals surface area contributed by atoms with Crippen molar-refractivity contribution in [2.75, 3.05) is 16.3 Å². The lowest BCUT2D eigenvalue weighted by Gasteiger charge is -2.11. The number of nitrogens with one attached hydrogen (secondary N) is 2. The van der Waals surface area contributed by atoms with E-state index in [2.05, 4.69) is 0 Å². The first-order chi connectivity index (χ1) is 8.49. The molecule has 1 aromatic carbocycles. The third-order valence-corrected chi connectivity index (χ3v) is 2.71. The average Bonchev–Trinajstić information content (AvgIpc) is 2.19. The van der Waals surface area contributed by atoms with Crippen molar-refractivity contribution in [3.05, 3.63) is 23.2 Å². The van der Waals surface area contributed by atoms with E-state index in [0.717, 1.165) is 18.4 Å². The molecule has 0 fully saturated rings. The van der Waals surface area contributed by atoms with Crippen LogP contribution in [0.25, 0.3) is 0 Å². The van der Waals surface area contributed by atoms with Crippen molar-refractivity contribution >= 4 is 38.9 Å². The number of sulfonamides is 1. The van der Waals surface area contributed by atoms with Crippen LogP contribution in [0.2, 0.25) is 5.02 Å². The lowest BCUT2D eigenvalue weighted by molar-refractivity contribution is -0.167. The standard InChI is InChI=1S/C9H8ClF3N2O3S/c1-19(17,18)15-5-2-3-6(10)7(4-5)14-8(16)9(11,12)13/h2-4,15H,1H3,(H,14,16). The first-order valence-electron chi connectivity index (χ1n) is 4.64. The number of rotatable bonds is 3. The summed E-state index contributed by atoms with van der Waals surface area (Å²) < 4.78 is 60.2. The Hall–Kier alpha value is -1.48. The normalized spacial score (nSPS) is 12.1. The molecule has 0 aliphatic rings. The van der Waals surface area contributed by atoms with Crippen molar-refractivity contribution < 1.29 is 26.4 Å². The minimum atomic E-state index is -5.07. The van der Waals surface area contributed by atoms with Gasteiger partial charge in [0.15, 0.2) is 0 Å². The van der Waals surface area contributed by atoms with Crippen LogP contribution in [-0.4, -0.2) is 26.8 Å². The number of alkyl halides is 3. The second kappa shape index (κ2) is 5.25. The maximum absolute atomic E-state index is 12.1. The molecule has 0 bridgehead atoms. The Bertz CT molecular complexity index is 601. The summed E-state index contributed by atoms with van der Waals surface area (Å²) in [5.41, 5.74) is -0.373. The molecule has 0 aliphatic carbocycles. The van der Waals surface area contributed by atoms with Crippen molar-refractivity contribution in [3.8, 4) is 0 Å². The predicted octanol–water partition coefficient (Wildman–Crippen LogP) is 2.21. The van der Waals surface area contributed by atoms with Crippen molar-refractivity contribution in [2.45, 2.75) is 6.18 Å². The first-order valence-corrected chi connectivity index (χ1v) is 6.91. The summed E-state index contributed by atoms with van der Waals surface area (Å²) in [7, 11) is -3.59. The monoisotopic (exact) mass is 316 g/mol. The molecule has 5 nitrogen and oxygen atoms in total. The number of hydrogen-bond donors (Lipinski definition) is 2. The van der Waals surface area contributed by atoms with Crippen LogP contribution in [0.3, 0.4) is 0 Å². The second-order valence-corrected chi connectivity index (χ2v) is 5.68. The van der Waals surface area contributed by atoms with Crippen LogP contribution in [0, 0.1) is 0 Å². The lowest BCUT2D eigenvalue weighted by atomic mass is 10.3. The summed E-state index contributed by atoms with van der Waals surface area (Å²) in [4.78, 5) is 10.7. The summed E-state index contributed by atoms with van der Waals surface area (Å²) in [6.45, 7) is 0. The number of halogens is 4. The van der Waals surface area contributed by atoms with Gasteiger partial charge >= 0.3 is 12.1 Å². The molecular formula is C9H8ClF3N2O3S. The van der Waals surface area contributed by atoms with E-state index < -0.39 is 22.1 Å². The predicted molar refractivity (Wildman–Crippen MR) is 64.6 cm³/mol. The molecule has 0 aromatic heterocycles. The molecule has 10 heteroatoms. The van der Waals surface area contributed by atoms with E-state index in [9.17, 15) is 26.4 Å². The second-order valence-electron chi connectivity index (χ2n) is 3.52. The molecule has 0 unspecified atom stereocenters. The maximum atomic E-state index is 12.1. The van der Waals surface area contributed by atoms with E-state index in [4.69, 9.17) is 11.6 Å². The molecule has 1 rings (SSSR count). The molecule has 106 valence electrons. The third kappa shape index (κ3) is 4.95. The number of carbonyl (C=O) groups excluding carboxylic acids is 1. The van der Waals surface area contributed by atoms with Crippen LogP contribution in [0.4, 0.5) is 24.5 Å². The van der Waals surface area contributed by atoms with Crippen LogP contribution in [0.1, 0.15) is 0 Å². The Balaban J connectivity index is 3.02. The summed E-state index contributed by atoms with van der Waals surface area (Å²) in [5, 5.41) is 1.39. The summed E-state index contributed by atoms with van der Waals surface area (Å²) in [6.07, 6.45) is -4.20. The average molecular weight is 317 g/mol. The fraction of sp³-hybridized carbons (Fsp3) is 0.222. The van der Waals surface area contributed by atoms with Gasteiger partial charge in [-0.1, -0.05) is 11.6 Å². The SMILES string of the molecule is CS(=O)(=O)Nc1ccc(Cl)c(NC(=O)C(F)(F)F)c1. The smallest absolute Gasteiger partial charge is 0.317 e. The van der Waals surface area contributed by atoms with Crippen molar-refractivity contribution in [3.63, 3.8) is 0 Å². The Morgan fingerprint density at radius 3 is 2.37 bits per heavy atom. The fourth-order valence-corrected chi connectivity index (χ4v) is 1.81. The zero-order valence-electron chi connectivity index (χ0n) is 9.38. The summed E-state index contributed by atoms with van der Waals surface area (Å²) in [6, 6.07) is 3.38. The molecule has 0 atom stereocenters. The molecule has 1 aromatic rings. The molecule has 0 heterocycles. The van der Waals surface area contributed by atoms with Crippen LogP contribution in [0.15, 0.2) is 18.2 Å². The molecule has 0 aliphatic heterocycles. The van der Waals surface area contributed by atoms with Gasteiger partial charge in [0.25, 0.3) is 0 Å². The van der Waals surface area contributed by atoms with Gasteiger partial charge in [0.2, 0.25) is 10.0 Å².